The molecule has 10 heteroatoms. The smallest absolute Gasteiger partial charge is 0.271 e. The van der Waals surface area contributed by atoms with Crippen molar-refractivity contribution in [3.8, 4) is 5.75 Å². The number of hydrogen-bond donors (Lipinski definition) is 3. The van der Waals surface area contributed by atoms with Crippen molar-refractivity contribution in [2.24, 2.45) is 17.1 Å². The summed E-state index contributed by atoms with van der Waals surface area (Å²) in [5, 5.41) is 4.04. The standard InChI is InChI=1S/C29H37ClN4O5/c1-39-25-13-18(30)12-20-19(25)14-22(32-20)28(38)34-16-29(9-5-2-6-10-29)15-23(34)27(37)33-21(26(31)36)11-17-7-3-4-8-24(17)35/h12-14,17,21,23,32H,2-11,15-16H2,1H3,(H2,31,36)(H,33,37)/t17-,21-,23?/m0/s1. The van der Waals surface area contributed by atoms with Crippen LogP contribution in [-0.2, 0) is 14.4 Å². The summed E-state index contributed by atoms with van der Waals surface area (Å²) in [5.41, 5.74) is 6.55. The van der Waals surface area contributed by atoms with Crippen molar-refractivity contribution in [2.75, 3.05) is 13.7 Å². The van der Waals surface area contributed by atoms with Crippen LogP contribution in [0.5, 0.6) is 5.75 Å². The van der Waals surface area contributed by atoms with Crippen LogP contribution in [0.15, 0.2) is 18.2 Å². The Labute approximate surface area is 233 Å². The zero-order valence-corrected chi connectivity index (χ0v) is 23.1. The minimum absolute atomic E-state index is 0.120. The summed E-state index contributed by atoms with van der Waals surface area (Å²) in [5.74, 6) is -0.955. The molecule has 1 spiro atoms. The summed E-state index contributed by atoms with van der Waals surface area (Å²) in [6, 6.07) is 3.46. The van der Waals surface area contributed by atoms with Crippen LogP contribution in [-0.4, -0.2) is 59.1 Å². The van der Waals surface area contributed by atoms with Crippen LogP contribution in [0.1, 0.15) is 81.1 Å². The van der Waals surface area contributed by atoms with Crippen molar-refractivity contribution in [2.45, 2.75) is 82.7 Å². The number of hydrogen-bond acceptors (Lipinski definition) is 5. The quantitative estimate of drug-likeness (QED) is 0.471. The fraction of sp³-hybridized carbons (Fsp3) is 0.586. The second-order valence-electron chi connectivity index (χ2n) is 11.6. The molecule has 0 radical (unpaired) electrons. The van der Waals surface area contributed by atoms with Crippen LogP contribution in [0.3, 0.4) is 0 Å². The molecule has 1 aromatic carbocycles. The van der Waals surface area contributed by atoms with Crippen LogP contribution >= 0.6 is 11.6 Å². The van der Waals surface area contributed by atoms with E-state index < -0.39 is 23.9 Å². The molecule has 39 heavy (non-hydrogen) atoms. The van der Waals surface area contributed by atoms with Gasteiger partial charge >= 0.3 is 0 Å². The Morgan fingerprint density at radius 1 is 1.18 bits per heavy atom. The number of ether oxygens (including phenoxy) is 1. The average molecular weight is 557 g/mol. The number of aromatic amines is 1. The van der Waals surface area contributed by atoms with Crippen molar-refractivity contribution in [1.29, 1.82) is 0 Å². The number of likely N-dealkylation sites (tertiary alicyclic amines) is 1. The average Bonchev–Trinajstić information content (AvgIpc) is 3.51. The number of nitrogens with one attached hydrogen (secondary N) is 2. The van der Waals surface area contributed by atoms with E-state index >= 15 is 0 Å². The van der Waals surface area contributed by atoms with Gasteiger partial charge in [-0.2, -0.15) is 0 Å². The van der Waals surface area contributed by atoms with Crippen LogP contribution in [0.25, 0.3) is 10.9 Å². The number of rotatable bonds is 7. The molecule has 3 atom stereocenters. The number of primary amides is 1. The lowest BCUT2D eigenvalue weighted by Gasteiger charge is -2.32. The lowest BCUT2D eigenvalue weighted by Crippen LogP contribution is -2.53. The number of nitrogens with two attached hydrogens (primary N) is 1. The molecule has 210 valence electrons. The van der Waals surface area contributed by atoms with Crippen LogP contribution in [0.4, 0.5) is 0 Å². The van der Waals surface area contributed by atoms with Gasteiger partial charge in [0.25, 0.3) is 5.91 Å². The first kappa shape index (κ1) is 27.5. The van der Waals surface area contributed by atoms with E-state index in [0.29, 0.717) is 47.8 Å². The van der Waals surface area contributed by atoms with Gasteiger partial charge in [-0.15, -0.1) is 0 Å². The Hall–Kier alpha value is -3.07. The molecule has 2 aliphatic carbocycles. The Bertz CT molecular complexity index is 1280. The predicted molar refractivity (Wildman–Crippen MR) is 148 cm³/mol. The first-order chi connectivity index (χ1) is 18.7. The molecule has 3 amide bonds. The summed E-state index contributed by atoms with van der Waals surface area (Å²) in [7, 11) is 1.54. The van der Waals surface area contributed by atoms with E-state index in [9.17, 15) is 19.2 Å². The van der Waals surface area contributed by atoms with E-state index in [0.717, 1.165) is 50.3 Å². The van der Waals surface area contributed by atoms with Crippen molar-refractivity contribution in [3.63, 3.8) is 0 Å². The molecule has 0 bridgehead atoms. The van der Waals surface area contributed by atoms with Gasteiger partial charge in [0.15, 0.2) is 0 Å². The van der Waals surface area contributed by atoms with Crippen LogP contribution in [0.2, 0.25) is 5.02 Å². The van der Waals surface area contributed by atoms with Crippen molar-refractivity contribution >= 4 is 46.0 Å². The number of benzene rings is 1. The number of ketones is 1. The molecular formula is C29H37ClN4O5. The molecule has 1 unspecified atom stereocenters. The van der Waals surface area contributed by atoms with Crippen LogP contribution < -0.4 is 15.8 Å². The van der Waals surface area contributed by atoms with Gasteiger partial charge in [-0.1, -0.05) is 37.3 Å². The highest BCUT2D eigenvalue weighted by Gasteiger charge is 2.49. The van der Waals surface area contributed by atoms with Crippen molar-refractivity contribution in [1.82, 2.24) is 15.2 Å². The first-order valence-corrected chi connectivity index (χ1v) is 14.4. The number of carbonyl (C=O) groups excluding carboxylic acids is 4. The molecule has 1 aliphatic heterocycles. The van der Waals surface area contributed by atoms with Gasteiger partial charge in [-0.05, 0) is 62.1 Å². The predicted octanol–water partition coefficient (Wildman–Crippen LogP) is 4.11. The zero-order valence-electron chi connectivity index (χ0n) is 22.4. The number of carbonyl (C=O) groups is 4. The zero-order chi connectivity index (χ0) is 27.7. The monoisotopic (exact) mass is 556 g/mol. The van der Waals surface area contributed by atoms with Gasteiger partial charge in [0.2, 0.25) is 11.8 Å². The number of Topliss-reactive ketones (excluding diaryl/α,β-unsaturated/α-hetero) is 1. The maximum Gasteiger partial charge on any atom is 0.271 e. The highest BCUT2D eigenvalue weighted by molar-refractivity contribution is 6.31. The lowest BCUT2D eigenvalue weighted by molar-refractivity contribution is -0.131. The van der Waals surface area contributed by atoms with Crippen molar-refractivity contribution < 1.29 is 23.9 Å². The third-order valence-corrected chi connectivity index (χ3v) is 9.18. The number of fused-ring (bicyclic) bond motifs is 1. The normalized spacial score (nSPS) is 23.6. The van der Waals surface area contributed by atoms with Gasteiger partial charge in [0, 0.05) is 29.3 Å². The number of amides is 3. The summed E-state index contributed by atoms with van der Waals surface area (Å²) in [6.45, 7) is 0.472. The Morgan fingerprint density at radius 3 is 2.64 bits per heavy atom. The number of halogens is 1. The summed E-state index contributed by atoms with van der Waals surface area (Å²) < 4.78 is 5.45. The van der Waals surface area contributed by atoms with Gasteiger partial charge in [-0.3, -0.25) is 19.2 Å². The molecule has 2 aromatic rings. The lowest BCUT2D eigenvalue weighted by atomic mass is 9.72. The molecule has 9 nitrogen and oxygen atoms in total. The number of H-pyrrole nitrogens is 1. The summed E-state index contributed by atoms with van der Waals surface area (Å²) in [6.07, 6.45) is 8.88. The van der Waals surface area contributed by atoms with Crippen LogP contribution in [0, 0.1) is 11.3 Å². The van der Waals surface area contributed by atoms with E-state index in [1.54, 1.807) is 30.2 Å². The number of aromatic nitrogens is 1. The second kappa shape index (κ2) is 11.2. The first-order valence-electron chi connectivity index (χ1n) is 14.0. The van der Waals surface area contributed by atoms with Gasteiger partial charge in [-0.25, -0.2) is 0 Å². The Kier molecular flexibility index (Phi) is 7.89. The highest BCUT2D eigenvalue weighted by Crippen LogP contribution is 2.47. The molecule has 4 N–H and O–H groups in total. The summed E-state index contributed by atoms with van der Waals surface area (Å²) in [4.78, 5) is 57.2. The third-order valence-electron chi connectivity index (χ3n) is 8.96. The fourth-order valence-corrected chi connectivity index (χ4v) is 7.09. The van der Waals surface area contributed by atoms with E-state index in [1.807, 2.05) is 0 Å². The molecule has 1 aromatic heterocycles. The molecular weight excluding hydrogens is 520 g/mol. The Morgan fingerprint density at radius 2 is 1.95 bits per heavy atom. The van der Waals surface area contributed by atoms with E-state index in [1.165, 1.54) is 0 Å². The largest absolute Gasteiger partial charge is 0.496 e. The van der Waals surface area contributed by atoms with E-state index in [4.69, 9.17) is 22.1 Å². The van der Waals surface area contributed by atoms with E-state index in [2.05, 4.69) is 10.3 Å². The Balaban J connectivity index is 1.40. The topological polar surface area (TPSA) is 135 Å². The third kappa shape index (κ3) is 5.64. The molecule has 5 rings (SSSR count). The number of methoxy groups -OCH3 is 1. The minimum Gasteiger partial charge on any atom is -0.496 e. The molecule has 2 heterocycles. The van der Waals surface area contributed by atoms with E-state index in [-0.39, 0.29) is 29.4 Å². The molecule has 1 saturated heterocycles. The van der Waals surface area contributed by atoms with Gasteiger partial charge in [0.1, 0.15) is 29.3 Å². The van der Waals surface area contributed by atoms with Gasteiger partial charge in [0.05, 0.1) is 12.6 Å². The molecule has 3 aliphatic rings. The van der Waals surface area contributed by atoms with Crippen molar-refractivity contribution in [3.05, 3.63) is 28.9 Å². The highest BCUT2D eigenvalue weighted by atomic mass is 35.5. The second-order valence-corrected chi connectivity index (χ2v) is 12.0. The maximum atomic E-state index is 13.9. The minimum atomic E-state index is -0.955. The van der Waals surface area contributed by atoms with Gasteiger partial charge < -0.3 is 25.7 Å². The fourth-order valence-electron chi connectivity index (χ4n) is 6.88. The number of nitrogens with zero attached hydrogens (tertiary/aromatic N) is 1. The molecule has 2 saturated carbocycles. The SMILES string of the molecule is COc1cc(Cl)cc2[nH]c(C(=O)N3CC4(CCCCC4)CC3C(=O)N[C@@H](C[C@@H]3CCCCC3=O)C(N)=O)cc12. The molecule has 3 fully saturated rings. The summed E-state index contributed by atoms with van der Waals surface area (Å²) >= 11 is 6.23. The maximum absolute atomic E-state index is 13.9.